The molecule has 0 saturated carbocycles. The number of hydrogen-bond acceptors (Lipinski definition) is 3. The molecule has 0 aliphatic carbocycles. The van der Waals surface area contributed by atoms with Crippen LogP contribution in [0.3, 0.4) is 0 Å². The SMILES string of the molecule is CC(CCl)N(C)c1nccn(C)c1=O. The maximum absolute atomic E-state index is 11.6. The predicted molar refractivity (Wildman–Crippen MR) is 58.1 cm³/mol. The third kappa shape index (κ3) is 2.07. The van der Waals surface area contributed by atoms with E-state index < -0.39 is 0 Å². The van der Waals surface area contributed by atoms with Crippen molar-refractivity contribution in [2.75, 3.05) is 17.8 Å². The molecule has 0 N–H and O–H groups in total. The summed E-state index contributed by atoms with van der Waals surface area (Å²) in [7, 11) is 3.52. The number of aromatic nitrogens is 2. The monoisotopic (exact) mass is 215 g/mol. The van der Waals surface area contributed by atoms with Gasteiger partial charge < -0.3 is 9.47 Å². The number of nitrogens with zero attached hydrogens (tertiary/aromatic N) is 3. The third-order valence-electron chi connectivity index (χ3n) is 2.22. The Bertz CT molecular complexity index is 363. The van der Waals surface area contributed by atoms with Gasteiger partial charge in [-0.25, -0.2) is 4.98 Å². The topological polar surface area (TPSA) is 38.1 Å². The molecular weight excluding hydrogens is 202 g/mol. The van der Waals surface area contributed by atoms with Crippen LogP contribution in [0.5, 0.6) is 0 Å². The Balaban J connectivity index is 3.07. The van der Waals surface area contributed by atoms with Crippen molar-refractivity contribution in [2.45, 2.75) is 13.0 Å². The smallest absolute Gasteiger partial charge is 0.293 e. The zero-order valence-electron chi connectivity index (χ0n) is 8.57. The highest BCUT2D eigenvalue weighted by molar-refractivity contribution is 6.18. The van der Waals surface area contributed by atoms with E-state index in [4.69, 9.17) is 11.6 Å². The first kappa shape index (κ1) is 11.0. The lowest BCUT2D eigenvalue weighted by Crippen LogP contribution is -2.36. The van der Waals surface area contributed by atoms with Gasteiger partial charge in [0, 0.05) is 38.4 Å². The molecule has 78 valence electrons. The van der Waals surface area contributed by atoms with Crippen LogP contribution in [-0.2, 0) is 7.05 Å². The Morgan fingerprint density at radius 3 is 2.93 bits per heavy atom. The predicted octanol–water partition coefficient (Wildman–Crippen LogP) is 0.844. The summed E-state index contributed by atoms with van der Waals surface area (Å²) in [5, 5.41) is 0. The van der Waals surface area contributed by atoms with Gasteiger partial charge in [-0.05, 0) is 6.92 Å². The summed E-state index contributed by atoms with van der Waals surface area (Å²) in [6.07, 6.45) is 3.24. The van der Waals surface area contributed by atoms with Crippen LogP contribution in [-0.4, -0.2) is 28.5 Å². The van der Waals surface area contributed by atoms with Gasteiger partial charge in [-0.3, -0.25) is 4.79 Å². The first-order valence-electron chi connectivity index (χ1n) is 4.38. The molecule has 0 saturated heterocycles. The van der Waals surface area contributed by atoms with Gasteiger partial charge in [0.1, 0.15) is 0 Å². The maximum Gasteiger partial charge on any atom is 0.293 e. The molecule has 0 aliphatic heterocycles. The van der Waals surface area contributed by atoms with Crippen molar-refractivity contribution in [3.8, 4) is 0 Å². The van der Waals surface area contributed by atoms with Gasteiger partial charge in [0.25, 0.3) is 5.56 Å². The average Bonchev–Trinajstić information content (AvgIpc) is 2.20. The molecular formula is C9H14ClN3O. The van der Waals surface area contributed by atoms with Crippen LogP contribution >= 0.6 is 11.6 Å². The van der Waals surface area contributed by atoms with Crippen LogP contribution in [0.4, 0.5) is 5.82 Å². The second-order valence-electron chi connectivity index (χ2n) is 3.28. The normalized spacial score (nSPS) is 12.6. The number of halogens is 1. The molecule has 0 aromatic carbocycles. The van der Waals surface area contributed by atoms with Crippen LogP contribution in [0.15, 0.2) is 17.2 Å². The number of aryl methyl sites for hydroxylation is 1. The molecule has 0 bridgehead atoms. The van der Waals surface area contributed by atoms with E-state index in [-0.39, 0.29) is 11.6 Å². The summed E-state index contributed by atoms with van der Waals surface area (Å²) in [6.45, 7) is 1.95. The van der Waals surface area contributed by atoms with E-state index in [1.165, 1.54) is 4.57 Å². The Labute approximate surface area is 88.1 Å². The van der Waals surface area contributed by atoms with E-state index in [9.17, 15) is 4.79 Å². The Morgan fingerprint density at radius 2 is 2.36 bits per heavy atom. The van der Waals surface area contributed by atoms with E-state index in [1.807, 2.05) is 14.0 Å². The largest absolute Gasteiger partial charge is 0.351 e. The molecule has 14 heavy (non-hydrogen) atoms. The van der Waals surface area contributed by atoms with Crippen molar-refractivity contribution in [3.05, 3.63) is 22.7 Å². The van der Waals surface area contributed by atoms with Crippen LogP contribution < -0.4 is 10.5 Å². The minimum Gasteiger partial charge on any atom is -0.351 e. The molecule has 1 heterocycles. The van der Waals surface area contributed by atoms with E-state index in [0.717, 1.165) is 0 Å². The highest BCUT2D eigenvalue weighted by atomic mass is 35.5. The molecule has 0 spiro atoms. The molecule has 1 rings (SSSR count). The van der Waals surface area contributed by atoms with Gasteiger partial charge in [-0.15, -0.1) is 11.6 Å². The molecule has 5 heteroatoms. The molecule has 4 nitrogen and oxygen atoms in total. The number of anilines is 1. The summed E-state index contributed by atoms with van der Waals surface area (Å²) in [5.41, 5.74) is -0.105. The van der Waals surface area contributed by atoms with Crippen molar-refractivity contribution in [1.29, 1.82) is 0 Å². The van der Waals surface area contributed by atoms with Gasteiger partial charge in [0.2, 0.25) is 0 Å². The second-order valence-corrected chi connectivity index (χ2v) is 3.59. The lowest BCUT2D eigenvalue weighted by atomic mass is 10.3. The summed E-state index contributed by atoms with van der Waals surface area (Å²) >= 11 is 5.71. The van der Waals surface area contributed by atoms with E-state index in [2.05, 4.69) is 4.98 Å². The minimum absolute atomic E-state index is 0.0965. The van der Waals surface area contributed by atoms with Crippen LogP contribution in [0.1, 0.15) is 6.92 Å². The molecule has 1 aromatic rings. The molecule has 0 fully saturated rings. The van der Waals surface area contributed by atoms with Crippen molar-refractivity contribution >= 4 is 17.4 Å². The van der Waals surface area contributed by atoms with Gasteiger partial charge in [-0.1, -0.05) is 0 Å². The van der Waals surface area contributed by atoms with Crippen LogP contribution in [0.25, 0.3) is 0 Å². The maximum atomic E-state index is 11.6. The average molecular weight is 216 g/mol. The Hall–Kier alpha value is -1.03. The van der Waals surface area contributed by atoms with E-state index >= 15 is 0 Å². The first-order chi connectivity index (χ1) is 6.57. The number of rotatable bonds is 3. The third-order valence-corrected chi connectivity index (χ3v) is 2.66. The van der Waals surface area contributed by atoms with Gasteiger partial charge >= 0.3 is 0 Å². The first-order valence-corrected chi connectivity index (χ1v) is 4.91. The number of alkyl halides is 1. The number of hydrogen-bond donors (Lipinski definition) is 0. The Morgan fingerprint density at radius 1 is 1.71 bits per heavy atom. The molecule has 0 amide bonds. The molecule has 1 atom stereocenters. The zero-order valence-corrected chi connectivity index (χ0v) is 9.32. The summed E-state index contributed by atoms with van der Waals surface area (Å²) < 4.78 is 1.50. The Kier molecular flexibility index (Phi) is 3.52. The van der Waals surface area contributed by atoms with Crippen molar-refractivity contribution in [3.63, 3.8) is 0 Å². The lowest BCUT2D eigenvalue weighted by molar-refractivity contribution is 0.725. The molecule has 1 aromatic heterocycles. The molecule has 0 aliphatic rings. The fourth-order valence-corrected chi connectivity index (χ4v) is 1.25. The summed E-state index contributed by atoms with van der Waals surface area (Å²) in [6, 6.07) is 0.0965. The van der Waals surface area contributed by atoms with Crippen molar-refractivity contribution in [1.82, 2.24) is 9.55 Å². The molecule has 0 radical (unpaired) electrons. The quantitative estimate of drug-likeness (QED) is 0.702. The molecule has 1 unspecified atom stereocenters. The van der Waals surface area contributed by atoms with E-state index in [1.54, 1.807) is 24.3 Å². The van der Waals surface area contributed by atoms with Crippen LogP contribution in [0, 0.1) is 0 Å². The summed E-state index contributed by atoms with van der Waals surface area (Å²) in [4.78, 5) is 17.5. The zero-order chi connectivity index (χ0) is 10.7. The van der Waals surface area contributed by atoms with Crippen molar-refractivity contribution in [2.24, 2.45) is 7.05 Å². The highest BCUT2D eigenvalue weighted by Crippen LogP contribution is 2.06. The fourth-order valence-electron chi connectivity index (χ4n) is 1.04. The van der Waals surface area contributed by atoms with Crippen LogP contribution in [0.2, 0.25) is 0 Å². The van der Waals surface area contributed by atoms with Gasteiger partial charge in [0.05, 0.1) is 0 Å². The minimum atomic E-state index is -0.105. The highest BCUT2D eigenvalue weighted by Gasteiger charge is 2.13. The van der Waals surface area contributed by atoms with E-state index in [0.29, 0.717) is 11.7 Å². The van der Waals surface area contributed by atoms with Gasteiger partial charge in [0.15, 0.2) is 5.82 Å². The fraction of sp³-hybridized carbons (Fsp3) is 0.556. The summed E-state index contributed by atoms with van der Waals surface area (Å²) in [5.74, 6) is 0.902. The van der Waals surface area contributed by atoms with Gasteiger partial charge in [-0.2, -0.15) is 0 Å². The van der Waals surface area contributed by atoms with Crippen molar-refractivity contribution < 1.29 is 0 Å². The second kappa shape index (κ2) is 4.46. The lowest BCUT2D eigenvalue weighted by Gasteiger charge is -2.23. The standard InChI is InChI=1S/C9H14ClN3O/c1-7(6-10)13(3)8-9(14)12(2)5-4-11-8/h4-5,7H,6H2,1-3H3.